The molecular formula is C26H32N2O5. The van der Waals surface area contributed by atoms with Crippen molar-refractivity contribution in [2.45, 2.75) is 57.4 Å². The van der Waals surface area contributed by atoms with E-state index in [0.29, 0.717) is 25.8 Å². The first-order valence-electron chi connectivity index (χ1n) is 11.6. The molecule has 176 valence electrons. The maximum atomic E-state index is 12.2. The molecule has 1 aliphatic carbocycles. The SMILES string of the molecule is CCC(CC(=O)O)NC(=O)CCCCCNC(=O)OCC1c2ccccc2-c2ccccc21. The van der Waals surface area contributed by atoms with Crippen molar-refractivity contribution in [1.29, 1.82) is 0 Å². The number of nitrogens with one attached hydrogen (secondary N) is 2. The van der Waals surface area contributed by atoms with Gasteiger partial charge in [0.25, 0.3) is 0 Å². The summed E-state index contributed by atoms with van der Waals surface area (Å²) in [6.07, 6.45) is 2.64. The molecule has 2 aromatic carbocycles. The quantitative estimate of drug-likeness (QED) is 0.413. The van der Waals surface area contributed by atoms with Crippen molar-refractivity contribution in [1.82, 2.24) is 10.6 Å². The summed E-state index contributed by atoms with van der Waals surface area (Å²) < 4.78 is 5.51. The van der Waals surface area contributed by atoms with E-state index in [1.54, 1.807) is 0 Å². The number of benzene rings is 2. The van der Waals surface area contributed by atoms with Crippen LogP contribution in [0.5, 0.6) is 0 Å². The minimum Gasteiger partial charge on any atom is -0.481 e. The molecule has 2 amide bonds. The molecule has 1 aliphatic rings. The highest BCUT2D eigenvalue weighted by Crippen LogP contribution is 2.44. The monoisotopic (exact) mass is 452 g/mol. The average molecular weight is 453 g/mol. The van der Waals surface area contributed by atoms with Crippen molar-refractivity contribution in [3.05, 3.63) is 59.7 Å². The molecule has 0 fully saturated rings. The Morgan fingerprint density at radius 1 is 0.970 bits per heavy atom. The summed E-state index contributed by atoms with van der Waals surface area (Å²) in [5.41, 5.74) is 4.75. The summed E-state index contributed by atoms with van der Waals surface area (Å²) in [4.78, 5) is 34.9. The summed E-state index contributed by atoms with van der Waals surface area (Å²) in [5, 5.41) is 14.4. The number of carboxylic acid groups (broad SMARTS) is 1. The van der Waals surface area contributed by atoms with Crippen LogP contribution in [-0.2, 0) is 14.3 Å². The number of carbonyl (C=O) groups is 3. The van der Waals surface area contributed by atoms with Gasteiger partial charge in [-0.25, -0.2) is 4.79 Å². The Kier molecular flexibility index (Phi) is 8.87. The summed E-state index contributed by atoms with van der Waals surface area (Å²) in [6.45, 7) is 2.62. The van der Waals surface area contributed by atoms with Crippen LogP contribution in [0.4, 0.5) is 4.79 Å². The van der Waals surface area contributed by atoms with Gasteiger partial charge >= 0.3 is 12.1 Å². The van der Waals surface area contributed by atoms with Crippen LogP contribution >= 0.6 is 0 Å². The van der Waals surface area contributed by atoms with E-state index < -0.39 is 12.1 Å². The van der Waals surface area contributed by atoms with Gasteiger partial charge in [-0.3, -0.25) is 9.59 Å². The first kappa shape index (κ1) is 24.3. The Labute approximate surface area is 194 Å². The standard InChI is InChI=1S/C26H32N2O5/c1-2-18(16-25(30)31)28-24(29)14-4-3-9-15-27-26(32)33-17-23-21-12-7-5-10-19(21)20-11-6-8-13-22(20)23/h5-8,10-13,18,23H,2-4,9,14-17H2,1H3,(H,27,32)(H,28,29)(H,30,31). The zero-order chi connectivity index (χ0) is 23.6. The topological polar surface area (TPSA) is 105 Å². The predicted molar refractivity (Wildman–Crippen MR) is 126 cm³/mol. The number of fused-ring (bicyclic) bond motifs is 3. The molecule has 0 saturated heterocycles. The van der Waals surface area contributed by atoms with E-state index in [0.717, 1.165) is 12.8 Å². The Balaban J connectivity index is 1.33. The van der Waals surface area contributed by atoms with Crippen LogP contribution in [0.3, 0.4) is 0 Å². The zero-order valence-electron chi connectivity index (χ0n) is 19.0. The van der Waals surface area contributed by atoms with E-state index >= 15 is 0 Å². The first-order chi connectivity index (χ1) is 16.0. The molecule has 1 atom stereocenters. The molecule has 7 nitrogen and oxygen atoms in total. The number of hydrogen-bond donors (Lipinski definition) is 3. The van der Waals surface area contributed by atoms with Crippen LogP contribution in [0.2, 0.25) is 0 Å². The van der Waals surface area contributed by atoms with Crippen LogP contribution in [0.15, 0.2) is 48.5 Å². The van der Waals surface area contributed by atoms with Crippen LogP contribution in [0.25, 0.3) is 11.1 Å². The molecule has 7 heteroatoms. The van der Waals surface area contributed by atoms with Crippen LogP contribution < -0.4 is 10.6 Å². The fourth-order valence-electron chi connectivity index (χ4n) is 4.24. The Hall–Kier alpha value is -3.35. The normalized spacial score (nSPS) is 13.0. The maximum Gasteiger partial charge on any atom is 0.407 e. The number of alkyl carbamates (subject to hydrolysis) is 1. The van der Waals surface area contributed by atoms with Gasteiger partial charge < -0.3 is 20.5 Å². The molecule has 0 aliphatic heterocycles. The smallest absolute Gasteiger partial charge is 0.407 e. The second-order valence-electron chi connectivity index (χ2n) is 8.33. The number of ether oxygens (including phenoxy) is 1. The largest absolute Gasteiger partial charge is 0.481 e. The van der Waals surface area contributed by atoms with E-state index in [1.807, 2.05) is 31.2 Å². The molecule has 0 spiro atoms. The van der Waals surface area contributed by atoms with Crippen molar-refractivity contribution >= 4 is 18.0 Å². The van der Waals surface area contributed by atoms with E-state index in [1.165, 1.54) is 22.3 Å². The molecule has 33 heavy (non-hydrogen) atoms. The van der Waals surface area contributed by atoms with Crippen molar-refractivity contribution in [3.8, 4) is 11.1 Å². The third-order valence-corrected chi connectivity index (χ3v) is 5.97. The molecule has 3 N–H and O–H groups in total. The van der Waals surface area contributed by atoms with E-state index in [-0.39, 0.29) is 30.9 Å². The number of aliphatic carboxylic acids is 1. The first-order valence-corrected chi connectivity index (χ1v) is 11.6. The van der Waals surface area contributed by atoms with Gasteiger partial charge in [-0.2, -0.15) is 0 Å². The van der Waals surface area contributed by atoms with Gasteiger partial charge in [0.05, 0.1) is 6.42 Å². The lowest BCUT2D eigenvalue weighted by Gasteiger charge is -2.15. The molecule has 2 aromatic rings. The van der Waals surface area contributed by atoms with Gasteiger partial charge in [0.1, 0.15) is 6.61 Å². The third kappa shape index (κ3) is 6.81. The fraction of sp³-hybridized carbons (Fsp3) is 0.423. The van der Waals surface area contributed by atoms with Crippen LogP contribution in [0, 0.1) is 0 Å². The number of carbonyl (C=O) groups excluding carboxylic acids is 2. The van der Waals surface area contributed by atoms with Crippen molar-refractivity contribution in [2.75, 3.05) is 13.2 Å². The lowest BCUT2D eigenvalue weighted by Crippen LogP contribution is -2.35. The Bertz CT molecular complexity index is 929. The number of rotatable bonds is 12. The highest BCUT2D eigenvalue weighted by Gasteiger charge is 2.28. The Morgan fingerprint density at radius 2 is 1.61 bits per heavy atom. The second kappa shape index (κ2) is 12.0. The molecular weight excluding hydrogens is 420 g/mol. The molecule has 0 saturated carbocycles. The summed E-state index contributed by atoms with van der Waals surface area (Å²) in [6, 6.07) is 16.1. The molecule has 0 heterocycles. The van der Waals surface area contributed by atoms with Crippen molar-refractivity contribution in [2.24, 2.45) is 0 Å². The summed E-state index contributed by atoms with van der Waals surface area (Å²) in [7, 11) is 0. The minimum absolute atomic E-state index is 0.0368. The number of unbranched alkanes of at least 4 members (excludes halogenated alkanes) is 2. The zero-order valence-corrected chi connectivity index (χ0v) is 19.0. The lowest BCUT2D eigenvalue weighted by molar-refractivity contribution is -0.137. The molecule has 1 unspecified atom stereocenters. The Morgan fingerprint density at radius 3 is 2.21 bits per heavy atom. The van der Waals surface area contributed by atoms with Gasteiger partial charge in [-0.15, -0.1) is 0 Å². The highest BCUT2D eigenvalue weighted by atomic mass is 16.5. The van der Waals surface area contributed by atoms with Gasteiger partial charge in [0.2, 0.25) is 5.91 Å². The van der Waals surface area contributed by atoms with Gasteiger partial charge in [0.15, 0.2) is 0 Å². The molecule has 0 radical (unpaired) electrons. The lowest BCUT2D eigenvalue weighted by atomic mass is 9.98. The van der Waals surface area contributed by atoms with Crippen molar-refractivity contribution < 1.29 is 24.2 Å². The maximum absolute atomic E-state index is 12.2. The predicted octanol–water partition coefficient (Wildman–Crippen LogP) is 4.46. The minimum atomic E-state index is -0.915. The van der Waals surface area contributed by atoms with Gasteiger partial charge in [-0.05, 0) is 41.5 Å². The van der Waals surface area contributed by atoms with Crippen LogP contribution in [0.1, 0.15) is 62.5 Å². The molecule has 0 aromatic heterocycles. The van der Waals surface area contributed by atoms with Crippen LogP contribution in [-0.4, -0.2) is 42.3 Å². The highest BCUT2D eigenvalue weighted by molar-refractivity contribution is 5.79. The number of hydrogen-bond acceptors (Lipinski definition) is 4. The molecule has 0 bridgehead atoms. The van der Waals surface area contributed by atoms with E-state index in [9.17, 15) is 14.4 Å². The summed E-state index contributed by atoms with van der Waals surface area (Å²) in [5.74, 6) is -1.01. The second-order valence-corrected chi connectivity index (χ2v) is 8.33. The number of carboxylic acids is 1. The van der Waals surface area contributed by atoms with Gasteiger partial charge in [0, 0.05) is 24.9 Å². The summed E-state index contributed by atoms with van der Waals surface area (Å²) >= 11 is 0. The average Bonchev–Trinajstić information content (AvgIpc) is 3.13. The van der Waals surface area contributed by atoms with Crippen molar-refractivity contribution in [3.63, 3.8) is 0 Å². The van der Waals surface area contributed by atoms with E-state index in [4.69, 9.17) is 9.84 Å². The third-order valence-electron chi connectivity index (χ3n) is 5.97. The van der Waals surface area contributed by atoms with Gasteiger partial charge in [-0.1, -0.05) is 61.9 Å². The number of amides is 2. The van der Waals surface area contributed by atoms with E-state index in [2.05, 4.69) is 34.9 Å². The fourth-order valence-corrected chi connectivity index (χ4v) is 4.24. The molecule has 3 rings (SSSR count).